The number of nitrogens with zero attached hydrogens (tertiary/aromatic N) is 5. The van der Waals surface area contributed by atoms with Crippen molar-refractivity contribution in [2.75, 3.05) is 13.1 Å². The molecule has 1 aliphatic carbocycles. The molecule has 1 aliphatic heterocycles. The van der Waals surface area contributed by atoms with Crippen LogP contribution < -0.4 is 5.32 Å². The van der Waals surface area contributed by atoms with Gasteiger partial charge in [0.15, 0.2) is 17.5 Å². The van der Waals surface area contributed by atoms with Crippen molar-refractivity contribution in [3.05, 3.63) is 200 Å². The molecule has 0 spiro atoms. The minimum Gasteiger partial charge on any atom is -0.311 e. The summed E-state index contributed by atoms with van der Waals surface area (Å²) in [5.41, 5.74) is 13.8. The van der Waals surface area contributed by atoms with Gasteiger partial charge in [-0.3, -0.25) is 0 Å². The summed E-state index contributed by atoms with van der Waals surface area (Å²) in [4.78, 5) is 14.9. The van der Waals surface area contributed by atoms with Crippen molar-refractivity contribution in [1.82, 2.24) is 29.4 Å². The normalized spacial score (nSPS) is 15.1. The molecule has 1 atom stereocenters. The summed E-state index contributed by atoms with van der Waals surface area (Å²) in [6.07, 6.45) is 8.96. The molecule has 284 valence electrons. The largest absolute Gasteiger partial charge is 0.311 e. The van der Waals surface area contributed by atoms with Crippen LogP contribution in [0.4, 0.5) is 0 Å². The first-order valence-electron chi connectivity index (χ1n) is 20.6. The van der Waals surface area contributed by atoms with Crippen molar-refractivity contribution in [2.45, 2.75) is 0 Å². The Bertz CT molecular complexity index is 3330. The lowest BCUT2D eigenvalue weighted by atomic mass is 9.90. The van der Waals surface area contributed by atoms with Crippen LogP contribution in [-0.4, -0.2) is 37.2 Å². The number of aromatic nitrogens is 5. The van der Waals surface area contributed by atoms with E-state index in [4.69, 9.17) is 15.0 Å². The lowest BCUT2D eigenvalue weighted by Gasteiger charge is -2.28. The van der Waals surface area contributed by atoms with Crippen molar-refractivity contribution in [1.29, 1.82) is 0 Å². The van der Waals surface area contributed by atoms with E-state index in [0.29, 0.717) is 23.4 Å². The van der Waals surface area contributed by atoms with Crippen LogP contribution in [0, 0.1) is 5.92 Å². The summed E-state index contributed by atoms with van der Waals surface area (Å²) in [5.74, 6) is 2.32. The average Bonchev–Trinajstić information content (AvgIpc) is 3.84. The van der Waals surface area contributed by atoms with E-state index in [9.17, 15) is 0 Å². The number of hydrogen-bond donors (Lipinski definition) is 1. The molecule has 1 N–H and O–H groups in total. The van der Waals surface area contributed by atoms with E-state index in [1.54, 1.807) is 0 Å². The highest BCUT2D eigenvalue weighted by atomic mass is 15.1. The molecular weight excluding hydrogens is 733 g/mol. The highest BCUT2D eigenvalue weighted by Crippen LogP contribution is 2.42. The molecule has 4 heterocycles. The zero-order valence-electron chi connectivity index (χ0n) is 32.7. The van der Waals surface area contributed by atoms with Crippen molar-refractivity contribution in [3.8, 4) is 51.0 Å². The smallest absolute Gasteiger partial charge is 0.164 e. The summed E-state index contributed by atoms with van der Waals surface area (Å²) in [7, 11) is 0. The fourth-order valence-electron chi connectivity index (χ4n) is 9.40. The lowest BCUT2D eigenvalue weighted by Crippen LogP contribution is -2.33. The van der Waals surface area contributed by atoms with Gasteiger partial charge in [-0.25, -0.2) is 15.0 Å². The van der Waals surface area contributed by atoms with Gasteiger partial charge < -0.3 is 14.5 Å². The van der Waals surface area contributed by atoms with Crippen LogP contribution in [0.1, 0.15) is 0 Å². The predicted molar refractivity (Wildman–Crippen MR) is 247 cm³/mol. The second-order valence-electron chi connectivity index (χ2n) is 15.6. The van der Waals surface area contributed by atoms with Gasteiger partial charge in [0.05, 0.1) is 22.1 Å². The topological polar surface area (TPSA) is 60.6 Å². The Hall–Kier alpha value is -7.67. The SMILES string of the molecule is C1=CC2=C(n3c4ccccc4c4cc(-c5cccc6c5c5ccccc5n6-c5ccc(-c6nc(-c7ccccc7)nc(-c7ccccc7)n6)cc5)ccc43)CNCC2C=C1. The maximum atomic E-state index is 4.98. The van der Waals surface area contributed by atoms with E-state index in [1.165, 1.54) is 55.0 Å². The molecule has 6 heteroatoms. The molecule has 0 amide bonds. The number of para-hydroxylation sites is 2. The van der Waals surface area contributed by atoms with E-state index < -0.39 is 0 Å². The standard InChI is InChI=1S/C54H38N6/c1-3-14-35(15-4-1)52-56-53(36-16-5-2-6-17-36)58-54(57-52)37-26-29-40(30-27-37)59-47-24-12-10-21-44(47)51-42(22-13-25-49(51)59)38-28-31-48-45(32-38)43-20-9-11-23-46(43)60(48)50-34-55-33-39-18-7-8-19-41(39)50/h1-32,39,55H,33-34H2. The fraction of sp³-hybridized carbons (Fsp3) is 0.0556. The summed E-state index contributed by atoms with van der Waals surface area (Å²) < 4.78 is 4.87. The number of rotatable bonds is 6. The molecule has 3 aromatic heterocycles. The van der Waals surface area contributed by atoms with Crippen molar-refractivity contribution in [2.24, 2.45) is 5.92 Å². The highest BCUT2D eigenvalue weighted by molar-refractivity contribution is 6.17. The zero-order valence-corrected chi connectivity index (χ0v) is 32.7. The molecule has 10 aromatic rings. The van der Waals surface area contributed by atoms with Crippen molar-refractivity contribution >= 4 is 49.3 Å². The van der Waals surface area contributed by atoms with E-state index in [2.05, 4.69) is 148 Å². The van der Waals surface area contributed by atoms with Gasteiger partial charge in [-0.1, -0.05) is 140 Å². The maximum Gasteiger partial charge on any atom is 0.164 e. The summed E-state index contributed by atoms with van der Waals surface area (Å²) in [6, 6.07) is 60.2. The number of hydrogen-bond acceptors (Lipinski definition) is 4. The molecule has 0 saturated heterocycles. The molecule has 1 unspecified atom stereocenters. The maximum absolute atomic E-state index is 4.98. The Labute approximate surface area is 347 Å². The molecule has 0 fully saturated rings. The van der Waals surface area contributed by atoms with E-state index in [-0.39, 0.29) is 0 Å². The summed E-state index contributed by atoms with van der Waals surface area (Å²) >= 11 is 0. The highest BCUT2D eigenvalue weighted by Gasteiger charge is 2.25. The lowest BCUT2D eigenvalue weighted by molar-refractivity contribution is 0.618. The van der Waals surface area contributed by atoms with Gasteiger partial charge in [-0.2, -0.15) is 0 Å². The van der Waals surface area contributed by atoms with E-state index >= 15 is 0 Å². The molecule has 60 heavy (non-hydrogen) atoms. The molecule has 7 aromatic carbocycles. The van der Waals surface area contributed by atoms with Gasteiger partial charge in [0.1, 0.15) is 0 Å². The van der Waals surface area contributed by atoms with E-state index in [0.717, 1.165) is 46.5 Å². The third-order valence-corrected chi connectivity index (χ3v) is 12.2. The average molecular weight is 771 g/mol. The second-order valence-corrected chi connectivity index (χ2v) is 15.6. The Balaban J connectivity index is 0.988. The molecule has 6 nitrogen and oxygen atoms in total. The minimum atomic E-state index is 0.379. The fourth-order valence-corrected chi connectivity index (χ4v) is 9.40. The summed E-state index contributed by atoms with van der Waals surface area (Å²) in [5, 5.41) is 8.67. The van der Waals surface area contributed by atoms with Gasteiger partial charge in [-0.05, 0) is 71.3 Å². The van der Waals surface area contributed by atoms with Gasteiger partial charge in [0, 0.05) is 68.6 Å². The van der Waals surface area contributed by atoms with Crippen LogP contribution in [0.25, 0.3) is 100 Å². The number of fused-ring (bicyclic) bond motifs is 7. The third-order valence-electron chi connectivity index (χ3n) is 12.2. The predicted octanol–water partition coefficient (Wildman–Crippen LogP) is 12.3. The van der Waals surface area contributed by atoms with Crippen LogP contribution in [-0.2, 0) is 0 Å². The molecular formula is C54H38N6. The Kier molecular flexibility index (Phi) is 8.03. The third kappa shape index (κ3) is 5.57. The van der Waals surface area contributed by atoms with E-state index in [1.807, 2.05) is 60.7 Å². The van der Waals surface area contributed by atoms with Gasteiger partial charge in [0.2, 0.25) is 0 Å². The number of benzene rings is 7. The van der Waals surface area contributed by atoms with Crippen molar-refractivity contribution < 1.29 is 0 Å². The molecule has 0 saturated carbocycles. The van der Waals surface area contributed by atoms with Crippen LogP contribution in [0.5, 0.6) is 0 Å². The Morgan fingerprint density at radius 2 is 1.05 bits per heavy atom. The first-order chi connectivity index (χ1) is 29.8. The first-order valence-corrected chi connectivity index (χ1v) is 20.6. The molecule has 0 bridgehead atoms. The quantitative estimate of drug-likeness (QED) is 0.183. The number of nitrogens with one attached hydrogen (secondary N) is 1. The van der Waals surface area contributed by atoms with Gasteiger partial charge in [-0.15, -0.1) is 0 Å². The zero-order chi connectivity index (χ0) is 39.6. The summed E-state index contributed by atoms with van der Waals surface area (Å²) in [6.45, 7) is 1.80. The van der Waals surface area contributed by atoms with Crippen LogP contribution >= 0.6 is 0 Å². The van der Waals surface area contributed by atoms with Crippen LogP contribution in [0.3, 0.4) is 0 Å². The number of allylic oxidation sites excluding steroid dienone is 3. The second kappa shape index (κ2) is 14.0. The minimum absolute atomic E-state index is 0.379. The van der Waals surface area contributed by atoms with Crippen LogP contribution in [0.15, 0.2) is 200 Å². The van der Waals surface area contributed by atoms with Gasteiger partial charge >= 0.3 is 0 Å². The van der Waals surface area contributed by atoms with Crippen molar-refractivity contribution in [3.63, 3.8) is 0 Å². The first kappa shape index (κ1) is 34.4. The molecule has 12 rings (SSSR count). The molecule has 2 aliphatic rings. The van der Waals surface area contributed by atoms with Crippen LogP contribution in [0.2, 0.25) is 0 Å². The Morgan fingerprint density at radius 3 is 1.77 bits per heavy atom. The molecule has 0 radical (unpaired) electrons. The monoisotopic (exact) mass is 770 g/mol. The Morgan fingerprint density at radius 1 is 0.467 bits per heavy atom. The van der Waals surface area contributed by atoms with Gasteiger partial charge in [0.25, 0.3) is 0 Å².